The first kappa shape index (κ1) is 48.4. The summed E-state index contributed by atoms with van der Waals surface area (Å²) in [6.45, 7) is 8.91. The summed E-state index contributed by atoms with van der Waals surface area (Å²) >= 11 is 0. The lowest BCUT2D eigenvalue weighted by Gasteiger charge is -2.18. The number of esters is 3. The van der Waals surface area contributed by atoms with E-state index in [1.165, 1.54) is 135 Å². The number of carbonyl (C=O) groups excluding carboxylic acids is 3. The fourth-order valence-electron chi connectivity index (χ4n) is 6.45. The summed E-state index contributed by atoms with van der Waals surface area (Å²) in [7, 11) is 0. The smallest absolute Gasteiger partial charge is 0.306 e. The third-order valence-corrected chi connectivity index (χ3v) is 9.79. The summed E-state index contributed by atoms with van der Waals surface area (Å²) in [5.41, 5.74) is 0. The molecule has 0 saturated carbocycles. The number of hydrogen-bond donors (Lipinski definition) is 0. The van der Waals surface area contributed by atoms with Crippen molar-refractivity contribution in [1.29, 1.82) is 0 Å². The van der Waals surface area contributed by atoms with Gasteiger partial charge in [-0.1, -0.05) is 201 Å². The number of carbonyl (C=O) groups is 3. The van der Waals surface area contributed by atoms with Gasteiger partial charge in [0.25, 0.3) is 0 Å². The van der Waals surface area contributed by atoms with E-state index in [2.05, 4.69) is 27.7 Å². The zero-order valence-electron chi connectivity index (χ0n) is 33.9. The van der Waals surface area contributed by atoms with Crippen molar-refractivity contribution in [2.75, 3.05) is 13.2 Å². The molecule has 50 heavy (non-hydrogen) atoms. The van der Waals surface area contributed by atoms with Crippen molar-refractivity contribution in [3.8, 4) is 0 Å². The Bertz CT molecular complexity index is 751. The monoisotopic (exact) mass is 709 g/mol. The van der Waals surface area contributed by atoms with Crippen molar-refractivity contribution >= 4 is 17.9 Å². The predicted molar refractivity (Wildman–Crippen MR) is 210 cm³/mol. The van der Waals surface area contributed by atoms with Crippen LogP contribution in [-0.4, -0.2) is 37.2 Å². The van der Waals surface area contributed by atoms with Gasteiger partial charge >= 0.3 is 17.9 Å². The van der Waals surface area contributed by atoms with E-state index >= 15 is 0 Å². The molecule has 0 rings (SSSR count). The maximum atomic E-state index is 12.6. The molecule has 6 heteroatoms. The van der Waals surface area contributed by atoms with Crippen molar-refractivity contribution in [3.05, 3.63) is 0 Å². The molecule has 1 atom stereocenters. The average molecular weight is 709 g/mol. The number of rotatable bonds is 39. The van der Waals surface area contributed by atoms with Crippen molar-refractivity contribution < 1.29 is 28.6 Å². The molecule has 0 fully saturated rings. The second-order valence-corrected chi connectivity index (χ2v) is 15.5. The largest absolute Gasteiger partial charge is 0.462 e. The molecule has 0 aromatic carbocycles. The minimum absolute atomic E-state index is 0.0648. The number of unbranched alkanes of at least 4 members (excludes halogenated alkanes) is 26. The van der Waals surface area contributed by atoms with Gasteiger partial charge in [-0.15, -0.1) is 0 Å². The molecule has 0 saturated heterocycles. The van der Waals surface area contributed by atoms with Crippen LogP contribution in [-0.2, 0) is 28.6 Å². The van der Waals surface area contributed by atoms with E-state index < -0.39 is 6.10 Å². The Balaban J connectivity index is 4.27. The molecule has 0 unspecified atom stereocenters. The Morgan fingerprint density at radius 3 is 0.980 bits per heavy atom. The highest BCUT2D eigenvalue weighted by molar-refractivity contribution is 5.71. The highest BCUT2D eigenvalue weighted by atomic mass is 16.6. The molecular weight excluding hydrogens is 624 g/mol. The van der Waals surface area contributed by atoms with Crippen LogP contribution >= 0.6 is 0 Å². The zero-order valence-corrected chi connectivity index (χ0v) is 33.9. The Morgan fingerprint density at radius 1 is 0.380 bits per heavy atom. The van der Waals surface area contributed by atoms with Crippen LogP contribution in [0.25, 0.3) is 0 Å². The van der Waals surface area contributed by atoms with Gasteiger partial charge in [-0.3, -0.25) is 14.4 Å². The molecule has 0 heterocycles. The molecule has 0 spiro atoms. The van der Waals surface area contributed by atoms with Gasteiger partial charge in [-0.2, -0.15) is 0 Å². The molecule has 0 N–H and O–H groups in total. The van der Waals surface area contributed by atoms with Crippen LogP contribution in [0.3, 0.4) is 0 Å². The number of ether oxygens (including phenoxy) is 3. The van der Waals surface area contributed by atoms with Gasteiger partial charge in [-0.25, -0.2) is 0 Å². The van der Waals surface area contributed by atoms with Gasteiger partial charge in [0.1, 0.15) is 13.2 Å². The minimum atomic E-state index is -0.758. The normalized spacial score (nSPS) is 11.9. The molecule has 6 nitrogen and oxygen atoms in total. The maximum Gasteiger partial charge on any atom is 0.306 e. The van der Waals surface area contributed by atoms with E-state index in [9.17, 15) is 14.4 Å². The fraction of sp³-hybridized carbons (Fsp3) is 0.932. The summed E-state index contributed by atoms with van der Waals surface area (Å²) in [4.78, 5) is 37.5. The SMILES string of the molecule is CCCCCCCCCCCCCCCCC(=O)OC[C@@H](COC(=O)CCCCCCCCC)OC(=O)CCCCCCCCCCC(C)C. The van der Waals surface area contributed by atoms with E-state index in [0.717, 1.165) is 63.7 Å². The zero-order chi connectivity index (χ0) is 36.8. The van der Waals surface area contributed by atoms with Crippen molar-refractivity contribution in [2.45, 2.75) is 246 Å². The van der Waals surface area contributed by atoms with Gasteiger partial charge in [0, 0.05) is 19.3 Å². The van der Waals surface area contributed by atoms with Gasteiger partial charge in [0.15, 0.2) is 6.10 Å². The van der Waals surface area contributed by atoms with Crippen LogP contribution < -0.4 is 0 Å². The van der Waals surface area contributed by atoms with Crippen molar-refractivity contribution in [3.63, 3.8) is 0 Å². The molecule has 0 bridgehead atoms. The topological polar surface area (TPSA) is 78.9 Å². The summed E-state index contributed by atoms with van der Waals surface area (Å²) in [5.74, 6) is -0.0712. The molecule has 0 aromatic rings. The van der Waals surface area contributed by atoms with Crippen LogP contribution in [0.2, 0.25) is 0 Å². The lowest BCUT2D eigenvalue weighted by atomic mass is 10.0. The van der Waals surface area contributed by atoms with E-state index in [4.69, 9.17) is 14.2 Å². The van der Waals surface area contributed by atoms with Crippen LogP contribution in [0.4, 0.5) is 0 Å². The van der Waals surface area contributed by atoms with E-state index in [1.54, 1.807) is 0 Å². The van der Waals surface area contributed by atoms with E-state index in [-0.39, 0.29) is 31.1 Å². The summed E-state index contributed by atoms with van der Waals surface area (Å²) in [6, 6.07) is 0. The molecule has 0 amide bonds. The predicted octanol–water partition coefficient (Wildman–Crippen LogP) is 13.6. The summed E-state index contributed by atoms with van der Waals surface area (Å²) in [6.07, 6.45) is 36.7. The van der Waals surface area contributed by atoms with Crippen molar-refractivity contribution in [1.82, 2.24) is 0 Å². The molecule has 0 aliphatic carbocycles. The fourth-order valence-corrected chi connectivity index (χ4v) is 6.45. The average Bonchev–Trinajstić information content (AvgIpc) is 3.09. The van der Waals surface area contributed by atoms with Crippen LogP contribution in [0.15, 0.2) is 0 Å². The van der Waals surface area contributed by atoms with Gasteiger partial charge in [0.05, 0.1) is 0 Å². The molecule has 296 valence electrons. The van der Waals surface area contributed by atoms with Crippen LogP contribution in [0, 0.1) is 5.92 Å². The quantitative estimate of drug-likeness (QED) is 0.0359. The van der Waals surface area contributed by atoms with Gasteiger partial charge in [-0.05, 0) is 25.2 Å². The Hall–Kier alpha value is -1.59. The second kappa shape index (κ2) is 38.6. The first-order valence-electron chi connectivity index (χ1n) is 21.9. The van der Waals surface area contributed by atoms with Crippen molar-refractivity contribution in [2.24, 2.45) is 5.92 Å². The molecule has 0 aliphatic rings. The molecule has 0 aromatic heterocycles. The highest BCUT2D eigenvalue weighted by Gasteiger charge is 2.19. The third kappa shape index (κ3) is 37.7. The standard InChI is InChI=1S/C44H84O6/c1-5-7-9-11-13-14-15-16-17-18-19-24-28-32-36-43(46)49-39-41(38-48-42(45)35-31-27-22-12-10-8-6-2)50-44(47)37-33-29-25-21-20-23-26-30-34-40(3)4/h40-41H,5-39H2,1-4H3/t41-/m1/s1. The Kier molecular flexibility index (Phi) is 37.4. The third-order valence-electron chi connectivity index (χ3n) is 9.79. The molecular formula is C44H84O6. The molecule has 0 aliphatic heterocycles. The van der Waals surface area contributed by atoms with E-state index in [1.807, 2.05) is 0 Å². The van der Waals surface area contributed by atoms with Gasteiger partial charge < -0.3 is 14.2 Å². The van der Waals surface area contributed by atoms with E-state index in [0.29, 0.717) is 19.3 Å². The minimum Gasteiger partial charge on any atom is -0.462 e. The maximum absolute atomic E-state index is 12.6. The Morgan fingerprint density at radius 2 is 0.660 bits per heavy atom. The van der Waals surface area contributed by atoms with Gasteiger partial charge in [0.2, 0.25) is 0 Å². The lowest BCUT2D eigenvalue weighted by molar-refractivity contribution is -0.167. The first-order chi connectivity index (χ1) is 24.4. The van der Waals surface area contributed by atoms with Crippen LogP contribution in [0.1, 0.15) is 240 Å². The highest BCUT2D eigenvalue weighted by Crippen LogP contribution is 2.16. The Labute approximate surface area is 310 Å². The lowest BCUT2D eigenvalue weighted by Crippen LogP contribution is -2.30. The second-order valence-electron chi connectivity index (χ2n) is 15.5. The van der Waals surface area contributed by atoms with Crippen LogP contribution in [0.5, 0.6) is 0 Å². The summed E-state index contributed by atoms with van der Waals surface area (Å²) in [5, 5.41) is 0. The summed E-state index contributed by atoms with van der Waals surface area (Å²) < 4.78 is 16.6. The molecule has 0 radical (unpaired) electrons. The number of hydrogen-bond acceptors (Lipinski definition) is 6. The first-order valence-corrected chi connectivity index (χ1v) is 21.9.